The number of benzene rings is 3. The van der Waals surface area contributed by atoms with Crippen molar-refractivity contribution in [1.82, 2.24) is 0 Å². The lowest BCUT2D eigenvalue weighted by Gasteiger charge is -2.10. The molecule has 0 aliphatic rings. The Morgan fingerprint density at radius 2 is 1.58 bits per heavy atom. The molecule has 0 heterocycles. The van der Waals surface area contributed by atoms with E-state index in [0.29, 0.717) is 17.9 Å². The third-order valence-electron chi connectivity index (χ3n) is 3.76. The van der Waals surface area contributed by atoms with Crippen LogP contribution in [0.1, 0.15) is 11.1 Å². The van der Waals surface area contributed by atoms with Gasteiger partial charge in [0.2, 0.25) is 0 Å². The molecule has 0 radical (unpaired) electrons. The lowest BCUT2D eigenvalue weighted by molar-refractivity contribution is 0.305. The second-order valence-electron chi connectivity index (χ2n) is 5.33. The Morgan fingerprint density at radius 1 is 0.875 bits per heavy atom. The molecule has 0 bridgehead atoms. The summed E-state index contributed by atoms with van der Waals surface area (Å²) in [6, 6.07) is 25.5. The smallest absolute Gasteiger partial charge is 0.137 e. The van der Waals surface area contributed by atoms with Gasteiger partial charge in [-0.05, 0) is 41.0 Å². The standard InChI is InChI=1S/C21H17NO2/c1-23-20-10-7-17(8-11-20)18-9-12-21(19(13-18)14-22)24-15-16-5-3-2-4-6-16/h2-13H,15H2,1H3. The van der Waals surface area contributed by atoms with Crippen LogP contribution in [0.3, 0.4) is 0 Å². The van der Waals surface area contributed by atoms with Crippen molar-refractivity contribution in [3.8, 4) is 28.7 Å². The normalized spacial score (nSPS) is 10.0. The molecule has 0 N–H and O–H groups in total. The first-order valence-electron chi connectivity index (χ1n) is 7.65. The molecule has 3 nitrogen and oxygen atoms in total. The van der Waals surface area contributed by atoms with Crippen molar-refractivity contribution >= 4 is 0 Å². The topological polar surface area (TPSA) is 42.2 Å². The van der Waals surface area contributed by atoms with Crippen molar-refractivity contribution in [2.45, 2.75) is 6.61 Å². The van der Waals surface area contributed by atoms with E-state index in [9.17, 15) is 5.26 Å². The van der Waals surface area contributed by atoms with Gasteiger partial charge in [-0.1, -0.05) is 48.5 Å². The van der Waals surface area contributed by atoms with Crippen LogP contribution in [0.2, 0.25) is 0 Å². The van der Waals surface area contributed by atoms with E-state index in [0.717, 1.165) is 22.4 Å². The zero-order chi connectivity index (χ0) is 16.8. The van der Waals surface area contributed by atoms with Gasteiger partial charge in [0.25, 0.3) is 0 Å². The maximum absolute atomic E-state index is 9.42. The van der Waals surface area contributed by atoms with Crippen LogP contribution in [0.4, 0.5) is 0 Å². The van der Waals surface area contributed by atoms with E-state index in [1.54, 1.807) is 7.11 Å². The average molecular weight is 315 g/mol. The van der Waals surface area contributed by atoms with Gasteiger partial charge >= 0.3 is 0 Å². The van der Waals surface area contributed by atoms with E-state index in [-0.39, 0.29) is 0 Å². The predicted octanol–water partition coefficient (Wildman–Crippen LogP) is 4.81. The molecule has 24 heavy (non-hydrogen) atoms. The summed E-state index contributed by atoms with van der Waals surface area (Å²) in [5.41, 5.74) is 3.60. The number of nitriles is 1. The summed E-state index contributed by atoms with van der Waals surface area (Å²) >= 11 is 0. The molecule has 0 saturated carbocycles. The van der Waals surface area contributed by atoms with Crippen LogP contribution in [0.15, 0.2) is 72.8 Å². The van der Waals surface area contributed by atoms with Crippen molar-refractivity contribution in [1.29, 1.82) is 5.26 Å². The maximum Gasteiger partial charge on any atom is 0.137 e. The number of methoxy groups -OCH3 is 1. The van der Waals surface area contributed by atoms with Crippen molar-refractivity contribution < 1.29 is 9.47 Å². The first kappa shape index (κ1) is 15.6. The lowest BCUT2D eigenvalue weighted by atomic mass is 10.0. The van der Waals surface area contributed by atoms with Crippen LogP contribution in [0, 0.1) is 11.3 Å². The van der Waals surface area contributed by atoms with Crippen molar-refractivity contribution in [2.24, 2.45) is 0 Å². The third kappa shape index (κ3) is 3.56. The fraction of sp³-hybridized carbons (Fsp3) is 0.0952. The minimum absolute atomic E-state index is 0.442. The Morgan fingerprint density at radius 3 is 2.25 bits per heavy atom. The van der Waals surface area contributed by atoms with Crippen LogP contribution in [-0.4, -0.2) is 7.11 Å². The molecular weight excluding hydrogens is 298 g/mol. The quantitative estimate of drug-likeness (QED) is 0.678. The zero-order valence-electron chi connectivity index (χ0n) is 13.4. The van der Waals surface area contributed by atoms with Gasteiger partial charge in [-0.15, -0.1) is 0 Å². The van der Waals surface area contributed by atoms with E-state index in [4.69, 9.17) is 9.47 Å². The molecule has 0 fully saturated rings. The Hall–Kier alpha value is -3.25. The zero-order valence-corrected chi connectivity index (χ0v) is 13.4. The van der Waals surface area contributed by atoms with E-state index in [2.05, 4.69) is 6.07 Å². The summed E-state index contributed by atoms with van der Waals surface area (Å²) in [4.78, 5) is 0. The molecule has 0 aliphatic heterocycles. The highest BCUT2D eigenvalue weighted by Gasteiger charge is 2.07. The molecule has 3 aromatic rings. The van der Waals surface area contributed by atoms with Crippen LogP contribution in [-0.2, 0) is 6.61 Å². The molecule has 118 valence electrons. The molecular formula is C21H17NO2. The fourth-order valence-electron chi connectivity index (χ4n) is 2.44. The minimum atomic E-state index is 0.442. The second-order valence-corrected chi connectivity index (χ2v) is 5.33. The predicted molar refractivity (Wildman–Crippen MR) is 93.9 cm³/mol. The van der Waals surface area contributed by atoms with Crippen molar-refractivity contribution in [3.05, 3.63) is 83.9 Å². The molecule has 0 spiro atoms. The number of nitrogens with zero attached hydrogens (tertiary/aromatic N) is 1. The fourth-order valence-corrected chi connectivity index (χ4v) is 2.44. The van der Waals surface area contributed by atoms with E-state index >= 15 is 0 Å². The van der Waals surface area contributed by atoms with E-state index in [1.807, 2.05) is 72.8 Å². The summed E-state index contributed by atoms with van der Waals surface area (Å²) in [6.45, 7) is 0.442. The highest BCUT2D eigenvalue weighted by molar-refractivity contribution is 5.67. The van der Waals surface area contributed by atoms with E-state index < -0.39 is 0 Å². The second kappa shape index (κ2) is 7.34. The number of rotatable bonds is 5. The minimum Gasteiger partial charge on any atom is -0.497 e. The van der Waals surface area contributed by atoms with Crippen LogP contribution < -0.4 is 9.47 Å². The highest BCUT2D eigenvalue weighted by atomic mass is 16.5. The summed E-state index contributed by atoms with van der Waals surface area (Å²) in [6.07, 6.45) is 0. The van der Waals surface area contributed by atoms with Crippen LogP contribution in [0.5, 0.6) is 11.5 Å². The van der Waals surface area contributed by atoms with Crippen molar-refractivity contribution in [3.63, 3.8) is 0 Å². The first-order chi connectivity index (χ1) is 11.8. The largest absolute Gasteiger partial charge is 0.497 e. The summed E-state index contributed by atoms with van der Waals surface area (Å²) in [5, 5.41) is 9.42. The molecule has 0 amide bonds. The molecule has 0 atom stereocenters. The van der Waals surface area contributed by atoms with Gasteiger partial charge < -0.3 is 9.47 Å². The first-order valence-corrected chi connectivity index (χ1v) is 7.65. The molecule has 3 heteroatoms. The summed E-state index contributed by atoms with van der Waals surface area (Å²) in [7, 11) is 1.64. The van der Waals surface area contributed by atoms with Gasteiger partial charge in [0.1, 0.15) is 24.2 Å². The Bertz CT molecular complexity index is 849. The number of ether oxygens (including phenoxy) is 2. The molecule has 0 unspecified atom stereocenters. The summed E-state index contributed by atoms with van der Waals surface area (Å²) < 4.78 is 11.0. The molecule has 0 saturated heterocycles. The number of hydrogen-bond donors (Lipinski definition) is 0. The maximum atomic E-state index is 9.42. The van der Waals surface area contributed by atoms with Gasteiger partial charge in [-0.25, -0.2) is 0 Å². The highest BCUT2D eigenvalue weighted by Crippen LogP contribution is 2.28. The van der Waals surface area contributed by atoms with Gasteiger partial charge in [-0.2, -0.15) is 5.26 Å². The molecule has 3 rings (SSSR count). The van der Waals surface area contributed by atoms with E-state index in [1.165, 1.54) is 0 Å². The molecule has 0 aliphatic carbocycles. The molecule has 0 aromatic heterocycles. The molecule has 3 aromatic carbocycles. The van der Waals surface area contributed by atoms with Crippen LogP contribution in [0.25, 0.3) is 11.1 Å². The van der Waals surface area contributed by atoms with Gasteiger partial charge in [0.05, 0.1) is 12.7 Å². The monoisotopic (exact) mass is 315 g/mol. The van der Waals surface area contributed by atoms with Gasteiger partial charge in [0.15, 0.2) is 0 Å². The van der Waals surface area contributed by atoms with Crippen LogP contribution >= 0.6 is 0 Å². The van der Waals surface area contributed by atoms with Gasteiger partial charge in [-0.3, -0.25) is 0 Å². The van der Waals surface area contributed by atoms with Crippen molar-refractivity contribution in [2.75, 3.05) is 7.11 Å². The average Bonchev–Trinajstić information content (AvgIpc) is 2.67. The Balaban J connectivity index is 1.81. The van der Waals surface area contributed by atoms with Gasteiger partial charge in [0, 0.05) is 0 Å². The third-order valence-corrected chi connectivity index (χ3v) is 3.76. The Kier molecular flexibility index (Phi) is 4.78. The SMILES string of the molecule is COc1ccc(-c2ccc(OCc3ccccc3)c(C#N)c2)cc1. The summed E-state index contributed by atoms with van der Waals surface area (Å²) in [5.74, 6) is 1.40. The number of hydrogen-bond acceptors (Lipinski definition) is 3. The Labute approximate surface area is 141 Å². The lowest BCUT2D eigenvalue weighted by Crippen LogP contribution is -1.97.